The number of nitrogens with one attached hydrogen (secondary N) is 3. The van der Waals surface area contributed by atoms with E-state index in [2.05, 4.69) is 29.8 Å². The molecule has 184 valence electrons. The lowest BCUT2D eigenvalue weighted by Gasteiger charge is -2.21. The van der Waals surface area contributed by atoms with Gasteiger partial charge in [-0.1, -0.05) is 13.8 Å². The summed E-state index contributed by atoms with van der Waals surface area (Å²) in [5.74, 6) is -0.345. The zero-order chi connectivity index (χ0) is 24.8. The van der Waals surface area contributed by atoms with Crippen molar-refractivity contribution in [2.24, 2.45) is 0 Å². The summed E-state index contributed by atoms with van der Waals surface area (Å²) in [7, 11) is 1.63. The summed E-state index contributed by atoms with van der Waals surface area (Å²) < 4.78 is 4.96. The third-order valence-corrected chi connectivity index (χ3v) is 5.10. The van der Waals surface area contributed by atoms with Crippen LogP contribution in [0.1, 0.15) is 53.8 Å². The number of benzene rings is 2. The van der Waals surface area contributed by atoms with Gasteiger partial charge in [0.25, 0.3) is 11.8 Å². The first-order chi connectivity index (χ1) is 16.5. The molecule has 0 aromatic heterocycles. The second-order valence-corrected chi connectivity index (χ2v) is 7.95. The summed E-state index contributed by atoms with van der Waals surface area (Å²) in [6.07, 6.45) is 2.58. The zero-order valence-electron chi connectivity index (χ0n) is 20.4. The molecule has 2 aromatic carbocycles. The molecule has 0 aliphatic carbocycles. The van der Waals surface area contributed by atoms with Crippen molar-refractivity contribution in [1.29, 1.82) is 0 Å². The molecule has 0 aliphatic rings. The van der Waals surface area contributed by atoms with Crippen LogP contribution in [0.5, 0.6) is 0 Å². The summed E-state index contributed by atoms with van der Waals surface area (Å²) in [5.41, 5.74) is 2.53. The number of methoxy groups -OCH3 is 1. The Labute approximate surface area is 202 Å². The molecule has 34 heavy (non-hydrogen) atoms. The zero-order valence-corrected chi connectivity index (χ0v) is 20.4. The topological polar surface area (TPSA) is 99.8 Å². The van der Waals surface area contributed by atoms with E-state index in [1.54, 1.807) is 55.6 Å². The number of hydrogen-bond acceptors (Lipinski definition) is 5. The highest BCUT2D eigenvalue weighted by Gasteiger charge is 2.14. The number of hydrogen-bond donors (Lipinski definition) is 3. The first kappa shape index (κ1) is 26.9. The summed E-state index contributed by atoms with van der Waals surface area (Å²) in [6, 6.07) is 13.9. The minimum Gasteiger partial charge on any atom is -0.385 e. The first-order valence-corrected chi connectivity index (χ1v) is 11.8. The summed E-state index contributed by atoms with van der Waals surface area (Å²) in [5, 5.41) is 8.70. The van der Waals surface area contributed by atoms with Crippen LogP contribution >= 0.6 is 0 Å². The van der Waals surface area contributed by atoms with Crippen LogP contribution in [0.4, 0.5) is 11.4 Å². The monoisotopic (exact) mass is 468 g/mol. The molecule has 0 saturated carbocycles. The predicted octanol–water partition coefficient (Wildman–Crippen LogP) is 3.77. The van der Waals surface area contributed by atoms with Crippen molar-refractivity contribution >= 4 is 29.1 Å². The van der Waals surface area contributed by atoms with Gasteiger partial charge in [0.2, 0.25) is 5.91 Å². The molecule has 3 amide bonds. The Morgan fingerprint density at radius 2 is 1.44 bits per heavy atom. The van der Waals surface area contributed by atoms with E-state index in [4.69, 9.17) is 4.74 Å². The molecular formula is C26H36N4O4. The molecular weight excluding hydrogens is 432 g/mol. The van der Waals surface area contributed by atoms with Gasteiger partial charge in [0.05, 0.1) is 6.54 Å². The van der Waals surface area contributed by atoms with E-state index < -0.39 is 0 Å². The Morgan fingerprint density at radius 1 is 0.853 bits per heavy atom. The van der Waals surface area contributed by atoms with Crippen molar-refractivity contribution in [1.82, 2.24) is 10.2 Å². The van der Waals surface area contributed by atoms with Crippen molar-refractivity contribution in [3.63, 3.8) is 0 Å². The minimum atomic E-state index is -0.211. The van der Waals surface area contributed by atoms with Gasteiger partial charge in [0.1, 0.15) is 0 Å². The fourth-order valence-electron chi connectivity index (χ4n) is 3.38. The molecule has 0 bridgehead atoms. The van der Waals surface area contributed by atoms with Crippen LogP contribution in [0.3, 0.4) is 0 Å². The van der Waals surface area contributed by atoms with Crippen LogP contribution in [0.2, 0.25) is 0 Å². The molecule has 8 heteroatoms. The smallest absolute Gasteiger partial charge is 0.253 e. The van der Waals surface area contributed by atoms with Gasteiger partial charge in [0, 0.05) is 55.9 Å². The van der Waals surface area contributed by atoms with Crippen molar-refractivity contribution in [3.8, 4) is 0 Å². The maximum atomic E-state index is 12.7. The normalized spacial score (nSPS) is 10.4. The van der Waals surface area contributed by atoms with E-state index in [0.29, 0.717) is 30.0 Å². The molecule has 0 unspecified atom stereocenters. The predicted molar refractivity (Wildman–Crippen MR) is 135 cm³/mol. The van der Waals surface area contributed by atoms with Gasteiger partial charge in [0.15, 0.2) is 0 Å². The number of ether oxygens (including phenoxy) is 1. The number of carbonyl (C=O) groups is 3. The van der Waals surface area contributed by atoms with Crippen molar-refractivity contribution < 1.29 is 19.1 Å². The highest BCUT2D eigenvalue weighted by Crippen LogP contribution is 2.13. The number of amides is 3. The van der Waals surface area contributed by atoms with E-state index in [1.165, 1.54) is 0 Å². The molecule has 0 atom stereocenters. The average Bonchev–Trinajstić information content (AvgIpc) is 2.85. The molecule has 0 saturated heterocycles. The van der Waals surface area contributed by atoms with E-state index in [-0.39, 0.29) is 24.3 Å². The molecule has 0 spiro atoms. The van der Waals surface area contributed by atoms with Crippen LogP contribution in [0.25, 0.3) is 0 Å². The Hall–Kier alpha value is -3.39. The van der Waals surface area contributed by atoms with Gasteiger partial charge in [-0.3, -0.25) is 14.4 Å². The molecule has 0 aliphatic heterocycles. The summed E-state index contributed by atoms with van der Waals surface area (Å²) in [4.78, 5) is 38.9. The molecule has 2 aromatic rings. The Morgan fingerprint density at radius 3 is 2.03 bits per heavy atom. The second kappa shape index (κ2) is 14.7. The highest BCUT2D eigenvalue weighted by molar-refractivity contribution is 5.97. The Balaban J connectivity index is 1.81. The minimum absolute atomic E-state index is 0.00958. The molecule has 0 radical (unpaired) electrons. The Bertz CT molecular complexity index is 907. The second-order valence-electron chi connectivity index (χ2n) is 7.95. The molecule has 0 heterocycles. The largest absolute Gasteiger partial charge is 0.385 e. The molecule has 3 N–H and O–H groups in total. The third kappa shape index (κ3) is 8.86. The van der Waals surface area contributed by atoms with Gasteiger partial charge < -0.3 is 25.6 Å². The van der Waals surface area contributed by atoms with E-state index in [1.807, 2.05) is 4.90 Å². The fourth-order valence-corrected chi connectivity index (χ4v) is 3.38. The lowest BCUT2D eigenvalue weighted by molar-refractivity contribution is -0.114. The molecule has 8 nitrogen and oxygen atoms in total. The standard InChI is InChI=1S/C26H36N4O4/c1-4-16-30(17-5-2)26(33)21-9-13-23(14-10-21)29-24(31)19-28-22-11-7-20(8-12-22)25(32)27-15-6-18-34-3/h7-14,28H,4-6,15-19H2,1-3H3,(H,27,32)(H,29,31). The average molecular weight is 469 g/mol. The third-order valence-electron chi connectivity index (χ3n) is 5.10. The molecule has 0 fully saturated rings. The van der Waals surface area contributed by atoms with Crippen LogP contribution in [-0.2, 0) is 9.53 Å². The van der Waals surface area contributed by atoms with Crippen LogP contribution in [0, 0.1) is 0 Å². The maximum Gasteiger partial charge on any atom is 0.253 e. The van der Waals surface area contributed by atoms with Gasteiger partial charge >= 0.3 is 0 Å². The van der Waals surface area contributed by atoms with Crippen molar-refractivity contribution in [3.05, 3.63) is 59.7 Å². The van der Waals surface area contributed by atoms with Crippen LogP contribution in [0.15, 0.2) is 48.5 Å². The van der Waals surface area contributed by atoms with Crippen molar-refractivity contribution in [2.45, 2.75) is 33.1 Å². The van der Waals surface area contributed by atoms with Crippen LogP contribution in [-0.4, -0.2) is 62.5 Å². The highest BCUT2D eigenvalue weighted by atomic mass is 16.5. The van der Waals surface area contributed by atoms with Gasteiger partial charge in [-0.15, -0.1) is 0 Å². The van der Waals surface area contributed by atoms with Crippen molar-refractivity contribution in [2.75, 3.05) is 50.5 Å². The lowest BCUT2D eigenvalue weighted by atomic mass is 10.1. The maximum absolute atomic E-state index is 12.7. The van der Waals surface area contributed by atoms with E-state index in [0.717, 1.165) is 38.0 Å². The van der Waals surface area contributed by atoms with Crippen LogP contribution < -0.4 is 16.0 Å². The van der Waals surface area contributed by atoms with Gasteiger partial charge in [-0.05, 0) is 67.8 Å². The lowest BCUT2D eigenvalue weighted by Crippen LogP contribution is -2.32. The summed E-state index contributed by atoms with van der Waals surface area (Å²) >= 11 is 0. The Kier molecular flexibility index (Phi) is 11.6. The molecule has 2 rings (SSSR count). The fraction of sp³-hybridized carbons (Fsp3) is 0.423. The number of anilines is 2. The number of carbonyl (C=O) groups excluding carboxylic acids is 3. The van der Waals surface area contributed by atoms with E-state index >= 15 is 0 Å². The quantitative estimate of drug-likeness (QED) is 0.367. The summed E-state index contributed by atoms with van der Waals surface area (Å²) in [6.45, 7) is 6.80. The van der Waals surface area contributed by atoms with Gasteiger partial charge in [-0.25, -0.2) is 0 Å². The van der Waals surface area contributed by atoms with E-state index in [9.17, 15) is 14.4 Å². The first-order valence-electron chi connectivity index (χ1n) is 11.8. The van der Waals surface area contributed by atoms with Gasteiger partial charge in [-0.2, -0.15) is 0 Å². The number of nitrogens with zero attached hydrogens (tertiary/aromatic N) is 1. The number of rotatable bonds is 14. The SMILES string of the molecule is CCCN(CCC)C(=O)c1ccc(NC(=O)CNc2ccc(C(=O)NCCCOC)cc2)cc1.